The molecule has 5 nitrogen and oxygen atoms in total. The zero-order chi connectivity index (χ0) is 14.5. The lowest BCUT2D eigenvalue weighted by molar-refractivity contribution is 0.112. The minimum atomic E-state index is -0.375. The summed E-state index contributed by atoms with van der Waals surface area (Å²) in [5, 5.41) is 0.819. The summed E-state index contributed by atoms with van der Waals surface area (Å²) in [6, 6.07) is 5.17. The van der Waals surface area contributed by atoms with E-state index in [9.17, 15) is 9.59 Å². The Balaban J connectivity index is 2.10. The van der Waals surface area contributed by atoms with E-state index in [-0.39, 0.29) is 6.09 Å². The quantitative estimate of drug-likeness (QED) is 0.851. The van der Waals surface area contributed by atoms with Gasteiger partial charge in [0.25, 0.3) is 0 Å². The molecule has 1 N–H and O–H groups in total. The number of nitrogens with zero attached hydrogens (tertiary/aromatic N) is 1. The summed E-state index contributed by atoms with van der Waals surface area (Å²) in [5.41, 5.74) is 1.37. The highest BCUT2D eigenvalue weighted by Crippen LogP contribution is 2.22. The van der Waals surface area contributed by atoms with Gasteiger partial charge < -0.3 is 14.6 Å². The van der Waals surface area contributed by atoms with Crippen molar-refractivity contribution in [1.82, 2.24) is 9.88 Å². The summed E-state index contributed by atoms with van der Waals surface area (Å²) in [6.07, 6.45) is 4.03. The lowest BCUT2D eigenvalue weighted by Crippen LogP contribution is -2.30. The molecule has 1 heterocycles. The van der Waals surface area contributed by atoms with E-state index in [2.05, 4.69) is 11.9 Å². The fourth-order valence-corrected chi connectivity index (χ4v) is 1.95. The van der Waals surface area contributed by atoms with Crippen LogP contribution in [0.25, 0.3) is 10.9 Å². The summed E-state index contributed by atoms with van der Waals surface area (Å²) in [7, 11) is 1.72. The molecule has 106 valence electrons. The fraction of sp³-hybridized carbons (Fsp3) is 0.333. The van der Waals surface area contributed by atoms with Crippen molar-refractivity contribution in [3.8, 4) is 5.75 Å². The molecule has 0 bridgehead atoms. The van der Waals surface area contributed by atoms with Gasteiger partial charge in [-0.1, -0.05) is 13.3 Å². The van der Waals surface area contributed by atoms with E-state index in [1.807, 2.05) is 0 Å². The minimum Gasteiger partial charge on any atom is -0.410 e. The zero-order valence-corrected chi connectivity index (χ0v) is 11.7. The molecule has 20 heavy (non-hydrogen) atoms. The van der Waals surface area contributed by atoms with Crippen molar-refractivity contribution in [2.24, 2.45) is 0 Å². The van der Waals surface area contributed by atoms with Gasteiger partial charge in [0.15, 0.2) is 6.29 Å². The van der Waals surface area contributed by atoms with Crippen LogP contribution in [0.2, 0.25) is 0 Å². The van der Waals surface area contributed by atoms with Gasteiger partial charge in [0.2, 0.25) is 0 Å². The van der Waals surface area contributed by atoms with Crippen LogP contribution in [-0.4, -0.2) is 35.9 Å². The molecule has 0 aliphatic rings. The van der Waals surface area contributed by atoms with E-state index in [4.69, 9.17) is 4.74 Å². The third-order valence-corrected chi connectivity index (χ3v) is 3.18. The van der Waals surface area contributed by atoms with E-state index in [0.717, 1.165) is 30.0 Å². The summed E-state index contributed by atoms with van der Waals surface area (Å²) >= 11 is 0. The molecule has 1 aromatic heterocycles. The van der Waals surface area contributed by atoms with Gasteiger partial charge in [0, 0.05) is 42.3 Å². The Labute approximate surface area is 117 Å². The van der Waals surface area contributed by atoms with Crippen molar-refractivity contribution in [2.75, 3.05) is 13.6 Å². The number of ether oxygens (including phenoxy) is 1. The Morgan fingerprint density at radius 1 is 1.45 bits per heavy atom. The predicted molar refractivity (Wildman–Crippen MR) is 77.2 cm³/mol. The number of benzene rings is 1. The molecular weight excluding hydrogens is 256 g/mol. The third kappa shape index (κ3) is 2.99. The summed E-state index contributed by atoms with van der Waals surface area (Å²) in [4.78, 5) is 27.2. The van der Waals surface area contributed by atoms with E-state index < -0.39 is 0 Å². The Bertz CT molecular complexity index is 619. The van der Waals surface area contributed by atoms with Crippen LogP contribution >= 0.6 is 0 Å². The molecule has 0 radical (unpaired) electrons. The molecule has 0 aliphatic carbocycles. The maximum Gasteiger partial charge on any atom is 0.414 e. The number of carbonyl (C=O) groups is 2. The number of nitrogens with one attached hydrogen (secondary N) is 1. The summed E-state index contributed by atoms with van der Waals surface area (Å²) < 4.78 is 5.30. The van der Waals surface area contributed by atoms with Crippen LogP contribution in [0.1, 0.15) is 30.1 Å². The maximum atomic E-state index is 11.9. The Morgan fingerprint density at radius 3 is 2.95 bits per heavy atom. The number of amides is 1. The Hall–Kier alpha value is -2.30. The standard InChI is InChI=1S/C15H18N2O3/c1-3-4-7-17(2)15(19)20-12-5-6-13-11(10-18)9-16-14(13)8-12/h5-6,8-10,16H,3-4,7H2,1-2H3. The number of H-pyrrole nitrogens is 1. The average molecular weight is 274 g/mol. The highest BCUT2D eigenvalue weighted by atomic mass is 16.6. The van der Waals surface area contributed by atoms with Crippen molar-refractivity contribution < 1.29 is 14.3 Å². The molecule has 0 saturated heterocycles. The van der Waals surface area contributed by atoms with Gasteiger partial charge in [-0.05, 0) is 18.6 Å². The van der Waals surface area contributed by atoms with Gasteiger partial charge in [-0.2, -0.15) is 0 Å². The number of aromatic amines is 1. The number of carbonyl (C=O) groups excluding carboxylic acids is 2. The molecule has 5 heteroatoms. The van der Waals surface area contributed by atoms with Gasteiger partial charge in [-0.3, -0.25) is 4.79 Å². The predicted octanol–water partition coefficient (Wildman–Crippen LogP) is 3.21. The summed E-state index contributed by atoms with van der Waals surface area (Å²) in [6.45, 7) is 2.75. The van der Waals surface area contributed by atoms with E-state index in [1.54, 1.807) is 36.3 Å². The van der Waals surface area contributed by atoms with Gasteiger partial charge in [0.1, 0.15) is 5.75 Å². The van der Waals surface area contributed by atoms with Crippen molar-refractivity contribution in [1.29, 1.82) is 0 Å². The monoisotopic (exact) mass is 274 g/mol. The van der Waals surface area contributed by atoms with Gasteiger partial charge in [-0.25, -0.2) is 4.79 Å². The number of fused-ring (bicyclic) bond motifs is 1. The smallest absolute Gasteiger partial charge is 0.410 e. The topological polar surface area (TPSA) is 62.4 Å². The molecule has 0 spiro atoms. The highest BCUT2D eigenvalue weighted by Gasteiger charge is 2.11. The normalized spacial score (nSPS) is 10.5. The number of hydrogen-bond acceptors (Lipinski definition) is 3. The molecule has 1 amide bonds. The highest BCUT2D eigenvalue weighted by molar-refractivity contribution is 5.97. The Morgan fingerprint density at radius 2 is 2.25 bits per heavy atom. The molecule has 0 unspecified atom stereocenters. The molecule has 0 fully saturated rings. The second-order valence-corrected chi connectivity index (χ2v) is 4.71. The first-order valence-electron chi connectivity index (χ1n) is 6.65. The minimum absolute atomic E-state index is 0.375. The van der Waals surface area contributed by atoms with Crippen LogP contribution in [0.5, 0.6) is 5.75 Å². The maximum absolute atomic E-state index is 11.9. The Kier molecular flexibility index (Phi) is 4.40. The number of unbranched alkanes of at least 4 members (excludes halogenated alkanes) is 1. The molecule has 0 saturated carbocycles. The number of rotatable bonds is 5. The SMILES string of the molecule is CCCCN(C)C(=O)Oc1ccc2c(C=O)c[nH]c2c1. The second kappa shape index (κ2) is 6.23. The van der Waals surface area contributed by atoms with Crippen molar-refractivity contribution in [2.45, 2.75) is 19.8 Å². The molecule has 0 atom stereocenters. The first kappa shape index (κ1) is 14.1. The first-order valence-corrected chi connectivity index (χ1v) is 6.65. The average Bonchev–Trinajstić information content (AvgIpc) is 2.86. The van der Waals surface area contributed by atoms with E-state index in [1.165, 1.54) is 0 Å². The fourth-order valence-electron chi connectivity index (χ4n) is 1.95. The first-order chi connectivity index (χ1) is 9.65. The molecule has 2 rings (SSSR count). The third-order valence-electron chi connectivity index (χ3n) is 3.18. The van der Waals surface area contributed by atoms with Gasteiger partial charge in [0.05, 0.1) is 0 Å². The molecule has 2 aromatic rings. The number of hydrogen-bond donors (Lipinski definition) is 1. The van der Waals surface area contributed by atoms with Crippen LogP contribution in [0.4, 0.5) is 4.79 Å². The number of aromatic nitrogens is 1. The molecule has 1 aromatic carbocycles. The van der Waals surface area contributed by atoms with Crippen molar-refractivity contribution >= 4 is 23.3 Å². The van der Waals surface area contributed by atoms with Crippen LogP contribution in [0, 0.1) is 0 Å². The van der Waals surface area contributed by atoms with Crippen LogP contribution < -0.4 is 4.74 Å². The summed E-state index contributed by atoms with van der Waals surface area (Å²) in [5.74, 6) is 0.463. The largest absolute Gasteiger partial charge is 0.414 e. The lowest BCUT2D eigenvalue weighted by atomic mass is 10.2. The lowest BCUT2D eigenvalue weighted by Gasteiger charge is -2.16. The van der Waals surface area contributed by atoms with Crippen LogP contribution in [0.3, 0.4) is 0 Å². The second-order valence-electron chi connectivity index (χ2n) is 4.71. The zero-order valence-electron chi connectivity index (χ0n) is 11.7. The molecular formula is C15H18N2O3. The molecule has 0 aliphatic heterocycles. The van der Waals surface area contributed by atoms with Gasteiger partial charge in [-0.15, -0.1) is 0 Å². The number of aldehydes is 1. The van der Waals surface area contributed by atoms with Gasteiger partial charge >= 0.3 is 6.09 Å². The van der Waals surface area contributed by atoms with Crippen LogP contribution in [-0.2, 0) is 0 Å². The van der Waals surface area contributed by atoms with E-state index in [0.29, 0.717) is 17.9 Å². The van der Waals surface area contributed by atoms with Crippen LogP contribution in [0.15, 0.2) is 24.4 Å². The van der Waals surface area contributed by atoms with E-state index >= 15 is 0 Å². The van der Waals surface area contributed by atoms with Crippen molar-refractivity contribution in [3.05, 3.63) is 30.0 Å². The van der Waals surface area contributed by atoms with Crippen molar-refractivity contribution in [3.63, 3.8) is 0 Å².